The van der Waals surface area contributed by atoms with Gasteiger partial charge in [0.05, 0.1) is 24.8 Å². The van der Waals surface area contributed by atoms with Crippen molar-refractivity contribution in [2.24, 2.45) is 0 Å². The molecular weight excluding hydrogens is 510 g/mol. The molecular formula is C27H29N3O7S. The number of carbonyl (C=O) groups is 4. The Bertz CT molecular complexity index is 1260. The molecule has 10 nitrogen and oxygen atoms in total. The van der Waals surface area contributed by atoms with Crippen LogP contribution in [0, 0.1) is 0 Å². The number of para-hydroxylation sites is 2. The average molecular weight is 540 g/mol. The third-order valence-corrected chi connectivity index (χ3v) is 7.01. The Kier molecular flexibility index (Phi) is 8.90. The van der Waals surface area contributed by atoms with Gasteiger partial charge in [0, 0.05) is 13.1 Å². The molecule has 0 unspecified atom stereocenters. The standard InChI is InChI=1S/C27H29N3O7S/c1-35-20-9-5-4-8-19(20)28-24(31)17-37-21-11-10-18(14-22(21)36-2)15-23-26(33)30(27(34)38-23)16-25(32)29-12-6-3-7-13-29/h4-5,8-11,14-15H,3,6-7,12-13,16-17H2,1-2H3,(H,28,31)/b23-15-. The van der Waals surface area contributed by atoms with Gasteiger partial charge in [0.25, 0.3) is 17.1 Å². The van der Waals surface area contributed by atoms with E-state index in [-0.39, 0.29) is 29.9 Å². The number of piperidine rings is 1. The minimum Gasteiger partial charge on any atom is -0.495 e. The van der Waals surface area contributed by atoms with Gasteiger partial charge in [-0.2, -0.15) is 0 Å². The Labute approximate surface area is 224 Å². The number of rotatable bonds is 9. The van der Waals surface area contributed by atoms with Gasteiger partial charge in [0.15, 0.2) is 18.1 Å². The molecule has 2 aromatic rings. The minimum atomic E-state index is -0.502. The molecule has 2 aromatic carbocycles. The van der Waals surface area contributed by atoms with Crippen molar-refractivity contribution in [3.63, 3.8) is 0 Å². The molecule has 0 atom stereocenters. The Morgan fingerprint density at radius 1 is 0.974 bits per heavy atom. The lowest BCUT2D eigenvalue weighted by molar-refractivity contribution is -0.136. The first-order valence-corrected chi connectivity index (χ1v) is 13.0. The molecule has 38 heavy (non-hydrogen) atoms. The van der Waals surface area contributed by atoms with E-state index in [9.17, 15) is 19.2 Å². The highest BCUT2D eigenvalue weighted by Crippen LogP contribution is 2.34. The smallest absolute Gasteiger partial charge is 0.294 e. The van der Waals surface area contributed by atoms with Crippen molar-refractivity contribution in [3.05, 3.63) is 52.9 Å². The number of imide groups is 1. The van der Waals surface area contributed by atoms with Gasteiger partial charge in [-0.1, -0.05) is 18.2 Å². The van der Waals surface area contributed by atoms with E-state index < -0.39 is 11.1 Å². The Balaban J connectivity index is 1.38. The van der Waals surface area contributed by atoms with E-state index in [4.69, 9.17) is 14.2 Å². The van der Waals surface area contributed by atoms with Crippen molar-refractivity contribution in [1.29, 1.82) is 0 Å². The minimum absolute atomic E-state index is 0.216. The normalized spacial score (nSPS) is 16.5. The molecule has 200 valence electrons. The third-order valence-electron chi connectivity index (χ3n) is 6.10. The van der Waals surface area contributed by atoms with Crippen molar-refractivity contribution in [2.45, 2.75) is 19.3 Å². The van der Waals surface area contributed by atoms with Crippen LogP contribution in [0.4, 0.5) is 10.5 Å². The van der Waals surface area contributed by atoms with Crippen LogP contribution in [0.3, 0.4) is 0 Å². The summed E-state index contributed by atoms with van der Waals surface area (Å²) in [4.78, 5) is 53.2. The number of likely N-dealkylation sites (tertiary alicyclic amines) is 1. The van der Waals surface area contributed by atoms with Crippen molar-refractivity contribution < 1.29 is 33.4 Å². The fourth-order valence-electron chi connectivity index (χ4n) is 4.14. The number of benzene rings is 2. The van der Waals surface area contributed by atoms with Crippen LogP contribution in [0.25, 0.3) is 6.08 Å². The number of hydrogen-bond acceptors (Lipinski definition) is 8. The molecule has 0 saturated carbocycles. The Hall–Kier alpha value is -3.99. The molecule has 0 spiro atoms. The zero-order chi connectivity index (χ0) is 27.1. The largest absolute Gasteiger partial charge is 0.495 e. The number of methoxy groups -OCH3 is 2. The summed E-state index contributed by atoms with van der Waals surface area (Å²) < 4.78 is 16.3. The molecule has 11 heteroatoms. The van der Waals surface area contributed by atoms with Gasteiger partial charge < -0.3 is 24.4 Å². The summed E-state index contributed by atoms with van der Waals surface area (Å²) >= 11 is 0.794. The second-order valence-electron chi connectivity index (χ2n) is 8.66. The quantitative estimate of drug-likeness (QED) is 0.479. The number of amides is 4. The maximum atomic E-state index is 12.9. The fourth-order valence-corrected chi connectivity index (χ4v) is 4.98. The van der Waals surface area contributed by atoms with E-state index in [1.807, 2.05) is 0 Å². The predicted octanol–water partition coefficient (Wildman–Crippen LogP) is 3.77. The molecule has 1 N–H and O–H groups in total. The maximum absolute atomic E-state index is 12.9. The topological polar surface area (TPSA) is 114 Å². The zero-order valence-electron chi connectivity index (χ0n) is 21.2. The molecule has 4 amide bonds. The monoisotopic (exact) mass is 539 g/mol. The molecule has 2 heterocycles. The van der Waals surface area contributed by atoms with Crippen LogP contribution in [0.1, 0.15) is 24.8 Å². The van der Waals surface area contributed by atoms with Crippen LogP contribution in [-0.2, 0) is 14.4 Å². The molecule has 2 fully saturated rings. The van der Waals surface area contributed by atoms with Crippen molar-refractivity contribution >= 4 is 46.5 Å². The lowest BCUT2D eigenvalue weighted by Gasteiger charge is -2.27. The molecule has 0 aliphatic carbocycles. The highest BCUT2D eigenvalue weighted by atomic mass is 32.2. The number of thioether (sulfide) groups is 1. The van der Waals surface area contributed by atoms with Crippen molar-refractivity contribution in [1.82, 2.24) is 9.80 Å². The Morgan fingerprint density at radius 3 is 2.45 bits per heavy atom. The van der Waals surface area contributed by atoms with E-state index >= 15 is 0 Å². The molecule has 2 aliphatic rings. The summed E-state index contributed by atoms with van der Waals surface area (Å²) in [5.41, 5.74) is 1.12. The first-order chi connectivity index (χ1) is 18.4. The van der Waals surface area contributed by atoms with Crippen LogP contribution in [-0.4, -0.2) is 73.2 Å². The van der Waals surface area contributed by atoms with Gasteiger partial charge in [0.1, 0.15) is 12.3 Å². The fraction of sp³-hybridized carbons (Fsp3) is 0.333. The number of ether oxygens (including phenoxy) is 3. The van der Waals surface area contributed by atoms with Crippen LogP contribution >= 0.6 is 11.8 Å². The van der Waals surface area contributed by atoms with Gasteiger partial charge in [-0.25, -0.2) is 0 Å². The number of hydrogen-bond donors (Lipinski definition) is 1. The highest BCUT2D eigenvalue weighted by molar-refractivity contribution is 8.18. The van der Waals surface area contributed by atoms with E-state index in [0.29, 0.717) is 41.6 Å². The number of nitrogens with zero attached hydrogens (tertiary/aromatic N) is 2. The van der Waals surface area contributed by atoms with Crippen LogP contribution in [0.2, 0.25) is 0 Å². The summed E-state index contributed by atoms with van der Waals surface area (Å²) in [6.45, 7) is 0.787. The molecule has 2 saturated heterocycles. The van der Waals surface area contributed by atoms with E-state index in [1.54, 1.807) is 53.4 Å². The number of anilines is 1. The first-order valence-electron chi connectivity index (χ1n) is 12.2. The summed E-state index contributed by atoms with van der Waals surface area (Å²) in [5.74, 6) is 0.115. The SMILES string of the molecule is COc1ccccc1NC(=O)COc1ccc(/C=C2\SC(=O)N(CC(=O)N3CCCCC3)C2=O)cc1OC. The zero-order valence-corrected chi connectivity index (χ0v) is 22.0. The van der Waals surface area contributed by atoms with E-state index in [2.05, 4.69) is 5.32 Å². The average Bonchev–Trinajstić information content (AvgIpc) is 3.20. The lowest BCUT2D eigenvalue weighted by Crippen LogP contribution is -2.44. The first kappa shape index (κ1) is 27.1. The van der Waals surface area contributed by atoms with Crippen molar-refractivity contribution in [2.75, 3.05) is 45.8 Å². The van der Waals surface area contributed by atoms with Gasteiger partial charge in [-0.05, 0) is 66.9 Å². The number of carbonyl (C=O) groups excluding carboxylic acids is 4. The van der Waals surface area contributed by atoms with Gasteiger partial charge in [-0.3, -0.25) is 24.1 Å². The van der Waals surface area contributed by atoms with Gasteiger partial charge in [0.2, 0.25) is 5.91 Å². The Morgan fingerprint density at radius 2 is 1.71 bits per heavy atom. The molecule has 4 rings (SSSR count). The summed E-state index contributed by atoms with van der Waals surface area (Å²) in [6, 6.07) is 12.0. The maximum Gasteiger partial charge on any atom is 0.294 e. The summed E-state index contributed by atoms with van der Waals surface area (Å²) in [7, 11) is 2.98. The summed E-state index contributed by atoms with van der Waals surface area (Å²) in [5, 5.41) is 2.26. The predicted molar refractivity (Wildman–Crippen MR) is 143 cm³/mol. The second-order valence-corrected chi connectivity index (χ2v) is 9.65. The van der Waals surface area contributed by atoms with E-state index in [1.165, 1.54) is 14.2 Å². The molecule has 0 bridgehead atoms. The van der Waals surface area contributed by atoms with Crippen LogP contribution in [0.15, 0.2) is 47.4 Å². The van der Waals surface area contributed by atoms with Crippen LogP contribution in [0.5, 0.6) is 17.2 Å². The molecule has 0 radical (unpaired) electrons. The van der Waals surface area contributed by atoms with Crippen LogP contribution < -0.4 is 19.5 Å². The lowest BCUT2D eigenvalue weighted by atomic mass is 10.1. The van der Waals surface area contributed by atoms with Crippen molar-refractivity contribution in [3.8, 4) is 17.2 Å². The van der Waals surface area contributed by atoms with Gasteiger partial charge >= 0.3 is 0 Å². The highest BCUT2D eigenvalue weighted by Gasteiger charge is 2.37. The van der Waals surface area contributed by atoms with Gasteiger partial charge in [-0.15, -0.1) is 0 Å². The van der Waals surface area contributed by atoms with E-state index in [0.717, 1.165) is 35.9 Å². The second kappa shape index (κ2) is 12.5. The summed E-state index contributed by atoms with van der Waals surface area (Å²) in [6.07, 6.45) is 4.51. The molecule has 2 aliphatic heterocycles. The molecule has 0 aromatic heterocycles. The third kappa shape index (κ3) is 6.46. The number of nitrogens with one attached hydrogen (secondary N) is 1.